The van der Waals surface area contributed by atoms with E-state index in [1.807, 2.05) is 18.2 Å². The molecule has 1 aromatic carbocycles. The lowest BCUT2D eigenvalue weighted by molar-refractivity contribution is 0.306. The van der Waals surface area contributed by atoms with Gasteiger partial charge in [-0.3, -0.25) is 4.98 Å². The van der Waals surface area contributed by atoms with Gasteiger partial charge in [0.2, 0.25) is 0 Å². The molecule has 3 nitrogen and oxygen atoms in total. The van der Waals surface area contributed by atoms with E-state index < -0.39 is 0 Å². The molecule has 2 aromatic rings. The second kappa shape index (κ2) is 6.00. The third-order valence-corrected chi connectivity index (χ3v) is 3.43. The van der Waals surface area contributed by atoms with Gasteiger partial charge in [-0.2, -0.15) is 0 Å². The summed E-state index contributed by atoms with van der Waals surface area (Å²) in [5, 5.41) is 0.706. The molecule has 90 valence electrons. The van der Waals surface area contributed by atoms with Crippen LogP contribution in [0.1, 0.15) is 10.4 Å². The van der Waals surface area contributed by atoms with Crippen LogP contribution in [-0.2, 0) is 13.0 Å². The van der Waals surface area contributed by atoms with Crippen molar-refractivity contribution in [3.8, 4) is 5.75 Å². The lowest BCUT2D eigenvalue weighted by atomic mass is 10.1. The van der Waals surface area contributed by atoms with Crippen molar-refractivity contribution in [2.24, 2.45) is 5.73 Å². The molecular weight excluding hydrogens is 256 g/mol. The highest BCUT2D eigenvalue weighted by Crippen LogP contribution is 2.27. The third kappa shape index (κ3) is 3.19. The molecule has 17 heavy (non-hydrogen) atoms. The van der Waals surface area contributed by atoms with E-state index in [1.165, 1.54) is 0 Å². The van der Waals surface area contributed by atoms with Gasteiger partial charge in [-0.05, 0) is 25.1 Å². The smallest absolute Gasteiger partial charge is 0.124 e. The highest BCUT2D eigenvalue weighted by molar-refractivity contribution is 7.09. The number of nitrogens with two attached hydrogens (primary N) is 1. The van der Waals surface area contributed by atoms with Crippen LogP contribution in [0.5, 0.6) is 5.75 Å². The molecule has 0 aliphatic carbocycles. The highest BCUT2D eigenvalue weighted by atomic mass is 35.5. The van der Waals surface area contributed by atoms with Gasteiger partial charge in [0.15, 0.2) is 0 Å². The van der Waals surface area contributed by atoms with E-state index in [1.54, 1.807) is 23.0 Å². The van der Waals surface area contributed by atoms with Gasteiger partial charge in [0.1, 0.15) is 12.4 Å². The maximum atomic E-state index is 6.12. The van der Waals surface area contributed by atoms with Gasteiger partial charge in [-0.1, -0.05) is 17.7 Å². The number of thiazole rings is 1. The van der Waals surface area contributed by atoms with E-state index in [0.717, 1.165) is 22.6 Å². The summed E-state index contributed by atoms with van der Waals surface area (Å²) in [6, 6.07) is 5.65. The molecule has 0 fully saturated rings. The van der Waals surface area contributed by atoms with Crippen LogP contribution in [0.15, 0.2) is 29.9 Å². The highest BCUT2D eigenvalue weighted by Gasteiger charge is 2.07. The van der Waals surface area contributed by atoms with E-state index in [0.29, 0.717) is 18.2 Å². The topological polar surface area (TPSA) is 48.1 Å². The molecule has 0 aliphatic rings. The number of halogens is 1. The standard InChI is InChI=1S/C12H13ClN2OS/c13-11-2-1-3-12(10(11)4-5-14)16-7-9-6-15-8-17-9/h1-3,6,8H,4-5,7,14H2. The first kappa shape index (κ1) is 12.4. The second-order valence-electron chi connectivity index (χ2n) is 3.51. The van der Waals surface area contributed by atoms with E-state index in [-0.39, 0.29) is 0 Å². The summed E-state index contributed by atoms with van der Waals surface area (Å²) in [5.74, 6) is 0.802. The number of aromatic nitrogens is 1. The predicted molar refractivity (Wildman–Crippen MR) is 70.7 cm³/mol. The Morgan fingerprint density at radius 2 is 2.29 bits per heavy atom. The summed E-state index contributed by atoms with van der Waals surface area (Å²) in [6.45, 7) is 1.07. The van der Waals surface area contributed by atoms with Gasteiger partial charge in [0.05, 0.1) is 10.4 Å². The van der Waals surface area contributed by atoms with Crippen LogP contribution in [0.3, 0.4) is 0 Å². The normalized spacial score (nSPS) is 10.5. The van der Waals surface area contributed by atoms with Crippen LogP contribution in [0.4, 0.5) is 0 Å². The van der Waals surface area contributed by atoms with Gasteiger partial charge >= 0.3 is 0 Å². The van der Waals surface area contributed by atoms with Gasteiger partial charge in [0, 0.05) is 16.8 Å². The first-order valence-corrected chi connectivity index (χ1v) is 6.54. The SMILES string of the molecule is NCCc1c(Cl)cccc1OCc1cncs1. The van der Waals surface area contributed by atoms with E-state index in [2.05, 4.69) is 4.98 Å². The summed E-state index contributed by atoms with van der Waals surface area (Å²) in [7, 11) is 0. The van der Waals surface area contributed by atoms with E-state index in [9.17, 15) is 0 Å². The summed E-state index contributed by atoms with van der Waals surface area (Å²) < 4.78 is 5.75. The zero-order valence-electron chi connectivity index (χ0n) is 9.23. The molecular formula is C12H13ClN2OS. The average Bonchev–Trinajstić information content (AvgIpc) is 2.83. The Labute approximate surface area is 109 Å². The van der Waals surface area contributed by atoms with Crippen molar-refractivity contribution < 1.29 is 4.74 Å². The Morgan fingerprint density at radius 1 is 1.41 bits per heavy atom. The number of hydrogen-bond acceptors (Lipinski definition) is 4. The van der Waals surface area contributed by atoms with Gasteiger partial charge in [-0.15, -0.1) is 11.3 Å². The summed E-state index contributed by atoms with van der Waals surface area (Å²) in [4.78, 5) is 5.09. The summed E-state index contributed by atoms with van der Waals surface area (Å²) in [6.07, 6.45) is 2.52. The van der Waals surface area contributed by atoms with Gasteiger partial charge in [-0.25, -0.2) is 0 Å². The molecule has 0 spiro atoms. The van der Waals surface area contributed by atoms with Crippen molar-refractivity contribution in [1.82, 2.24) is 4.98 Å². The molecule has 0 amide bonds. The quantitative estimate of drug-likeness (QED) is 0.907. The van der Waals surface area contributed by atoms with Crippen molar-refractivity contribution in [1.29, 1.82) is 0 Å². The Balaban J connectivity index is 2.11. The predicted octanol–water partition coefficient (Wildman–Crippen LogP) is 2.88. The largest absolute Gasteiger partial charge is 0.488 e. The molecule has 0 saturated heterocycles. The lowest BCUT2D eigenvalue weighted by Crippen LogP contribution is -2.05. The molecule has 0 unspecified atom stereocenters. The number of rotatable bonds is 5. The van der Waals surface area contributed by atoms with E-state index in [4.69, 9.17) is 22.1 Å². The maximum Gasteiger partial charge on any atom is 0.124 e. The monoisotopic (exact) mass is 268 g/mol. The minimum absolute atomic E-state index is 0.516. The zero-order valence-corrected chi connectivity index (χ0v) is 10.8. The average molecular weight is 269 g/mol. The van der Waals surface area contributed by atoms with Crippen molar-refractivity contribution in [3.05, 3.63) is 45.4 Å². The Morgan fingerprint density at radius 3 is 3.00 bits per heavy atom. The van der Waals surface area contributed by atoms with Gasteiger partial charge in [0.25, 0.3) is 0 Å². The van der Waals surface area contributed by atoms with Crippen LogP contribution in [-0.4, -0.2) is 11.5 Å². The van der Waals surface area contributed by atoms with Crippen molar-refractivity contribution in [2.45, 2.75) is 13.0 Å². The molecule has 1 aromatic heterocycles. The number of benzene rings is 1. The molecule has 0 radical (unpaired) electrons. The molecule has 2 N–H and O–H groups in total. The maximum absolute atomic E-state index is 6.12. The Bertz CT molecular complexity index is 473. The molecule has 0 saturated carbocycles. The van der Waals surface area contributed by atoms with Crippen molar-refractivity contribution >= 4 is 22.9 Å². The van der Waals surface area contributed by atoms with Crippen molar-refractivity contribution in [3.63, 3.8) is 0 Å². The first-order valence-electron chi connectivity index (χ1n) is 5.29. The molecule has 1 heterocycles. The summed E-state index contributed by atoms with van der Waals surface area (Å²) >= 11 is 7.70. The Kier molecular flexibility index (Phi) is 4.36. The van der Waals surface area contributed by atoms with Gasteiger partial charge < -0.3 is 10.5 Å². The van der Waals surface area contributed by atoms with Crippen LogP contribution < -0.4 is 10.5 Å². The molecule has 0 bridgehead atoms. The lowest BCUT2D eigenvalue weighted by Gasteiger charge is -2.11. The van der Waals surface area contributed by atoms with Crippen molar-refractivity contribution in [2.75, 3.05) is 6.54 Å². The number of ether oxygens (including phenoxy) is 1. The molecule has 2 rings (SSSR count). The van der Waals surface area contributed by atoms with Crippen LogP contribution in [0.25, 0.3) is 0 Å². The molecule has 0 atom stereocenters. The fourth-order valence-corrected chi connectivity index (χ4v) is 2.29. The molecule has 5 heteroatoms. The molecule has 0 aliphatic heterocycles. The minimum Gasteiger partial charge on any atom is -0.488 e. The second-order valence-corrected chi connectivity index (χ2v) is 4.89. The van der Waals surface area contributed by atoms with Crippen LogP contribution in [0.2, 0.25) is 5.02 Å². The Hall–Kier alpha value is -1.10. The zero-order chi connectivity index (χ0) is 12.1. The fraction of sp³-hybridized carbons (Fsp3) is 0.250. The first-order chi connectivity index (χ1) is 8.31. The summed E-state index contributed by atoms with van der Waals surface area (Å²) in [5.41, 5.74) is 8.33. The fourth-order valence-electron chi connectivity index (χ4n) is 1.52. The third-order valence-electron chi connectivity index (χ3n) is 2.32. The van der Waals surface area contributed by atoms with Crippen LogP contribution in [0, 0.1) is 0 Å². The minimum atomic E-state index is 0.516. The number of nitrogens with zero attached hydrogens (tertiary/aromatic N) is 1. The van der Waals surface area contributed by atoms with E-state index >= 15 is 0 Å². The number of hydrogen-bond donors (Lipinski definition) is 1. The van der Waals surface area contributed by atoms with Crippen LogP contribution >= 0.6 is 22.9 Å².